The maximum atomic E-state index is 12.3. The molecule has 0 bridgehead atoms. The molecule has 0 fully saturated rings. The molecule has 0 atom stereocenters. The third kappa shape index (κ3) is 6.44. The van der Waals surface area contributed by atoms with Crippen LogP contribution < -0.4 is 5.32 Å². The molecule has 1 aromatic rings. The minimum absolute atomic E-state index is 0.0710. The lowest BCUT2D eigenvalue weighted by molar-refractivity contribution is -0.0327. The van der Waals surface area contributed by atoms with Gasteiger partial charge in [0, 0.05) is 17.1 Å². The second kappa shape index (κ2) is 7.84. The van der Waals surface area contributed by atoms with E-state index in [0.29, 0.717) is 12.2 Å². The Morgan fingerprint density at radius 1 is 1.17 bits per heavy atom. The summed E-state index contributed by atoms with van der Waals surface area (Å²) in [7, 11) is 0. The molecule has 0 radical (unpaired) electrons. The normalized spacial score (nSPS) is 11.6. The van der Waals surface area contributed by atoms with E-state index in [0.717, 1.165) is 18.6 Å². The zero-order valence-corrected chi connectivity index (χ0v) is 11.7. The molecule has 0 saturated carbocycles. The van der Waals surface area contributed by atoms with Crippen LogP contribution in [0.3, 0.4) is 0 Å². The first-order valence-corrected chi connectivity index (χ1v) is 7.81. The van der Waals surface area contributed by atoms with Crippen molar-refractivity contribution in [2.45, 2.75) is 23.2 Å². The van der Waals surface area contributed by atoms with Gasteiger partial charge in [-0.3, -0.25) is 0 Å². The van der Waals surface area contributed by atoms with E-state index in [9.17, 15) is 13.2 Å². The zero-order valence-electron chi connectivity index (χ0n) is 10.1. The zero-order chi connectivity index (χ0) is 13.4. The van der Waals surface area contributed by atoms with Crippen LogP contribution in [0.5, 0.6) is 0 Å². The average Bonchev–Trinajstić information content (AvgIpc) is 2.29. The predicted octanol–water partition coefficient (Wildman–Crippen LogP) is 4.85. The number of rotatable bonds is 7. The van der Waals surface area contributed by atoms with Gasteiger partial charge in [-0.05, 0) is 48.7 Å². The van der Waals surface area contributed by atoms with Crippen LogP contribution in [0.25, 0.3) is 0 Å². The fourth-order valence-corrected chi connectivity index (χ4v) is 2.56. The number of unbranched alkanes of at least 4 members (excludes halogenated alkanes) is 1. The molecule has 0 amide bonds. The third-order valence-electron chi connectivity index (χ3n) is 2.20. The van der Waals surface area contributed by atoms with Gasteiger partial charge in [-0.15, -0.1) is 0 Å². The van der Waals surface area contributed by atoms with E-state index in [-0.39, 0.29) is 16.7 Å². The standard InChI is InChI=1S/C12H16F3NS2/c1-17-9-5-4-8-16-10-6-2-3-7-11(10)18-12(13,14)15/h2-3,6-7,16H,4-5,8-9H2,1H3. The highest BCUT2D eigenvalue weighted by Crippen LogP contribution is 2.40. The molecule has 0 unspecified atom stereocenters. The van der Waals surface area contributed by atoms with Gasteiger partial charge in [0.15, 0.2) is 0 Å². The van der Waals surface area contributed by atoms with E-state index in [2.05, 4.69) is 5.32 Å². The topological polar surface area (TPSA) is 12.0 Å². The lowest BCUT2D eigenvalue weighted by Crippen LogP contribution is -2.05. The molecule has 0 heterocycles. The second-order valence-electron chi connectivity index (χ2n) is 3.67. The van der Waals surface area contributed by atoms with Gasteiger partial charge >= 0.3 is 5.51 Å². The molecule has 1 rings (SSSR count). The summed E-state index contributed by atoms with van der Waals surface area (Å²) in [5.41, 5.74) is -3.68. The van der Waals surface area contributed by atoms with Gasteiger partial charge in [-0.2, -0.15) is 24.9 Å². The van der Waals surface area contributed by atoms with Crippen molar-refractivity contribution in [3.63, 3.8) is 0 Å². The van der Waals surface area contributed by atoms with Crippen LogP contribution in [-0.2, 0) is 0 Å². The Morgan fingerprint density at radius 3 is 2.56 bits per heavy atom. The van der Waals surface area contributed by atoms with Crippen LogP contribution in [0.1, 0.15) is 12.8 Å². The van der Waals surface area contributed by atoms with E-state index in [4.69, 9.17) is 0 Å². The van der Waals surface area contributed by atoms with Gasteiger partial charge in [0.25, 0.3) is 0 Å². The summed E-state index contributed by atoms with van der Waals surface area (Å²) in [6.45, 7) is 0.704. The second-order valence-corrected chi connectivity index (χ2v) is 5.76. The molecule has 1 nitrogen and oxygen atoms in total. The number of hydrogen-bond acceptors (Lipinski definition) is 3. The summed E-state index contributed by atoms with van der Waals surface area (Å²) in [6, 6.07) is 6.53. The van der Waals surface area contributed by atoms with E-state index in [1.165, 1.54) is 6.07 Å². The van der Waals surface area contributed by atoms with E-state index in [1.807, 2.05) is 6.26 Å². The first kappa shape index (κ1) is 15.6. The molecule has 0 aromatic heterocycles. The lowest BCUT2D eigenvalue weighted by Gasteiger charge is -2.12. The molecular formula is C12H16F3NS2. The Morgan fingerprint density at radius 2 is 1.89 bits per heavy atom. The van der Waals surface area contributed by atoms with Crippen molar-refractivity contribution in [1.29, 1.82) is 0 Å². The largest absolute Gasteiger partial charge is 0.446 e. The molecule has 6 heteroatoms. The smallest absolute Gasteiger partial charge is 0.384 e. The van der Waals surface area contributed by atoms with Gasteiger partial charge in [0.2, 0.25) is 0 Å². The fraction of sp³-hybridized carbons (Fsp3) is 0.500. The van der Waals surface area contributed by atoms with Gasteiger partial charge < -0.3 is 5.32 Å². The molecule has 102 valence electrons. The van der Waals surface area contributed by atoms with E-state index in [1.54, 1.807) is 30.0 Å². The highest BCUT2D eigenvalue weighted by atomic mass is 32.2. The lowest BCUT2D eigenvalue weighted by atomic mass is 10.3. The van der Waals surface area contributed by atoms with Crippen molar-refractivity contribution in [1.82, 2.24) is 0 Å². The fourth-order valence-electron chi connectivity index (χ4n) is 1.42. The Kier molecular flexibility index (Phi) is 6.78. The third-order valence-corrected chi connectivity index (χ3v) is 3.71. The molecular weight excluding hydrogens is 279 g/mol. The van der Waals surface area contributed by atoms with Gasteiger partial charge in [-0.25, -0.2) is 0 Å². The van der Waals surface area contributed by atoms with Crippen LogP contribution in [0.4, 0.5) is 18.9 Å². The Bertz CT molecular complexity index is 355. The van der Waals surface area contributed by atoms with E-state index >= 15 is 0 Å². The average molecular weight is 295 g/mol. The van der Waals surface area contributed by atoms with Crippen LogP contribution >= 0.6 is 23.5 Å². The molecule has 0 saturated heterocycles. The van der Waals surface area contributed by atoms with Crippen molar-refractivity contribution in [2.75, 3.05) is 23.9 Å². The summed E-state index contributed by atoms with van der Waals surface area (Å²) in [4.78, 5) is 0.231. The number of alkyl halides is 3. The molecule has 0 spiro atoms. The predicted molar refractivity (Wildman–Crippen MR) is 74.5 cm³/mol. The number of hydrogen-bond donors (Lipinski definition) is 1. The monoisotopic (exact) mass is 295 g/mol. The maximum Gasteiger partial charge on any atom is 0.446 e. The van der Waals surface area contributed by atoms with Crippen molar-refractivity contribution < 1.29 is 13.2 Å². The van der Waals surface area contributed by atoms with Crippen molar-refractivity contribution in [3.05, 3.63) is 24.3 Å². The van der Waals surface area contributed by atoms with Crippen LogP contribution in [0.2, 0.25) is 0 Å². The van der Waals surface area contributed by atoms with Crippen molar-refractivity contribution in [2.24, 2.45) is 0 Å². The number of para-hydroxylation sites is 1. The number of halogens is 3. The Hall–Kier alpha value is -0.490. The Labute approximate surface area is 114 Å². The molecule has 1 N–H and O–H groups in total. The summed E-state index contributed by atoms with van der Waals surface area (Å²) in [5.74, 6) is 1.08. The van der Waals surface area contributed by atoms with Gasteiger partial charge in [-0.1, -0.05) is 12.1 Å². The Balaban J connectivity index is 2.49. The minimum atomic E-state index is -4.24. The number of benzene rings is 1. The molecule has 0 aliphatic rings. The highest BCUT2D eigenvalue weighted by molar-refractivity contribution is 8.00. The van der Waals surface area contributed by atoms with Crippen LogP contribution in [0, 0.1) is 0 Å². The maximum absolute atomic E-state index is 12.3. The highest BCUT2D eigenvalue weighted by Gasteiger charge is 2.30. The summed E-state index contributed by atoms with van der Waals surface area (Å²) in [6.07, 6.45) is 4.08. The number of thioether (sulfide) groups is 2. The van der Waals surface area contributed by atoms with E-state index < -0.39 is 5.51 Å². The summed E-state index contributed by atoms with van der Waals surface area (Å²) >= 11 is 1.71. The van der Waals surface area contributed by atoms with Crippen molar-refractivity contribution >= 4 is 29.2 Å². The van der Waals surface area contributed by atoms with Gasteiger partial charge in [0.1, 0.15) is 0 Å². The molecule has 1 aromatic carbocycles. The van der Waals surface area contributed by atoms with Crippen LogP contribution in [-0.4, -0.2) is 24.1 Å². The first-order chi connectivity index (χ1) is 8.53. The number of nitrogens with one attached hydrogen (secondary N) is 1. The molecule has 18 heavy (non-hydrogen) atoms. The van der Waals surface area contributed by atoms with Crippen LogP contribution in [0.15, 0.2) is 29.2 Å². The number of anilines is 1. The minimum Gasteiger partial charge on any atom is -0.384 e. The summed E-state index contributed by atoms with van der Waals surface area (Å²) in [5, 5.41) is 3.06. The van der Waals surface area contributed by atoms with Crippen molar-refractivity contribution in [3.8, 4) is 0 Å². The molecule has 0 aliphatic heterocycles. The first-order valence-electron chi connectivity index (χ1n) is 5.60. The van der Waals surface area contributed by atoms with Gasteiger partial charge in [0.05, 0.1) is 0 Å². The quantitative estimate of drug-likeness (QED) is 0.570. The molecule has 0 aliphatic carbocycles. The summed E-state index contributed by atoms with van der Waals surface area (Å²) < 4.78 is 37.0. The SMILES string of the molecule is CSCCCCNc1ccccc1SC(F)(F)F.